The highest BCUT2D eigenvalue weighted by molar-refractivity contribution is 5.98. The molecule has 6 heteroatoms. The number of ether oxygens (including phenoxy) is 4. The number of carbonyl (C=O) groups excluding carboxylic acids is 1. The zero-order chi connectivity index (χ0) is 15.9. The second kappa shape index (κ2) is 5.69. The number of methoxy groups -OCH3 is 1. The summed E-state index contributed by atoms with van der Waals surface area (Å²) in [6, 6.07) is 5.45. The molecule has 23 heavy (non-hydrogen) atoms. The summed E-state index contributed by atoms with van der Waals surface area (Å²) < 4.78 is 22.6. The molecule has 1 amide bonds. The lowest BCUT2D eigenvalue weighted by atomic mass is 9.84. The van der Waals surface area contributed by atoms with Crippen LogP contribution in [0.5, 0.6) is 11.5 Å². The van der Waals surface area contributed by atoms with E-state index >= 15 is 0 Å². The fraction of sp³-hybridized carbons (Fsp3) is 0.588. The summed E-state index contributed by atoms with van der Waals surface area (Å²) in [5.41, 5.74) is 0.331. The Labute approximate surface area is 135 Å². The highest BCUT2D eigenvalue weighted by atomic mass is 16.6. The number of rotatable bonds is 2. The van der Waals surface area contributed by atoms with E-state index in [1.807, 2.05) is 17.0 Å². The number of amides is 1. The Morgan fingerprint density at radius 2 is 2.09 bits per heavy atom. The molecule has 1 aromatic rings. The van der Waals surface area contributed by atoms with Crippen molar-refractivity contribution >= 4 is 5.91 Å². The number of carbonyl (C=O) groups is 1. The maximum Gasteiger partial charge on any atom is 0.257 e. The molecule has 1 aromatic carbocycles. The van der Waals surface area contributed by atoms with Crippen molar-refractivity contribution in [3.8, 4) is 11.5 Å². The molecule has 2 saturated heterocycles. The number of para-hydroxylation sites is 1. The molecular formula is C17H21NO5. The summed E-state index contributed by atoms with van der Waals surface area (Å²) in [6.45, 7) is 2.90. The molecule has 124 valence electrons. The average Bonchev–Trinajstić information content (AvgIpc) is 2.58. The van der Waals surface area contributed by atoms with Gasteiger partial charge in [-0.05, 0) is 18.6 Å². The normalized spacial score (nSPS) is 25.1. The van der Waals surface area contributed by atoms with E-state index in [2.05, 4.69) is 0 Å². The summed E-state index contributed by atoms with van der Waals surface area (Å²) >= 11 is 0. The van der Waals surface area contributed by atoms with E-state index in [-0.39, 0.29) is 17.6 Å². The Bertz CT molecular complexity index is 611. The van der Waals surface area contributed by atoms with Crippen LogP contribution in [0.15, 0.2) is 18.2 Å². The first-order chi connectivity index (χ1) is 11.2. The van der Waals surface area contributed by atoms with Crippen LogP contribution in [0.3, 0.4) is 0 Å². The maximum absolute atomic E-state index is 12.8. The molecule has 0 unspecified atom stereocenters. The Balaban J connectivity index is 1.48. The molecule has 1 spiro atoms. The lowest BCUT2D eigenvalue weighted by Gasteiger charge is -2.52. The third kappa shape index (κ3) is 2.56. The zero-order valence-corrected chi connectivity index (χ0v) is 13.2. The van der Waals surface area contributed by atoms with Gasteiger partial charge in [-0.25, -0.2) is 0 Å². The van der Waals surface area contributed by atoms with Crippen molar-refractivity contribution in [3.05, 3.63) is 23.8 Å². The molecule has 0 aromatic heterocycles. The van der Waals surface area contributed by atoms with E-state index in [1.54, 1.807) is 13.2 Å². The molecule has 0 saturated carbocycles. The smallest absolute Gasteiger partial charge is 0.257 e. The van der Waals surface area contributed by atoms with Gasteiger partial charge in [-0.15, -0.1) is 0 Å². The molecule has 4 rings (SSSR count). The fourth-order valence-corrected chi connectivity index (χ4v) is 3.61. The summed E-state index contributed by atoms with van der Waals surface area (Å²) in [4.78, 5) is 14.6. The van der Waals surface area contributed by atoms with Gasteiger partial charge in [0, 0.05) is 20.1 Å². The highest BCUT2D eigenvalue weighted by Gasteiger charge is 2.50. The van der Waals surface area contributed by atoms with Gasteiger partial charge in [-0.1, -0.05) is 6.07 Å². The summed E-state index contributed by atoms with van der Waals surface area (Å²) in [7, 11) is 1.73. The molecule has 0 aliphatic carbocycles. The lowest BCUT2D eigenvalue weighted by Crippen LogP contribution is -2.67. The van der Waals surface area contributed by atoms with Crippen molar-refractivity contribution < 1.29 is 23.7 Å². The van der Waals surface area contributed by atoms with Crippen LogP contribution in [-0.2, 0) is 9.47 Å². The minimum absolute atomic E-state index is 0.0267. The Morgan fingerprint density at radius 3 is 2.91 bits per heavy atom. The van der Waals surface area contributed by atoms with Crippen LogP contribution in [0.2, 0.25) is 0 Å². The van der Waals surface area contributed by atoms with E-state index < -0.39 is 0 Å². The predicted octanol–water partition coefficient (Wildman–Crippen LogP) is 1.48. The number of likely N-dealkylation sites (tertiary alicyclic amines) is 1. The summed E-state index contributed by atoms with van der Waals surface area (Å²) in [6.07, 6.45) is 1.99. The van der Waals surface area contributed by atoms with Gasteiger partial charge in [0.25, 0.3) is 5.91 Å². The summed E-state index contributed by atoms with van der Waals surface area (Å²) in [5.74, 6) is 1.18. The van der Waals surface area contributed by atoms with E-state index in [0.29, 0.717) is 50.0 Å². The second-order valence-corrected chi connectivity index (χ2v) is 6.37. The molecular weight excluding hydrogens is 298 g/mol. The monoisotopic (exact) mass is 319 g/mol. The first-order valence-electron chi connectivity index (χ1n) is 8.05. The van der Waals surface area contributed by atoms with Crippen molar-refractivity contribution in [2.45, 2.75) is 24.5 Å². The van der Waals surface area contributed by atoms with Gasteiger partial charge in [-0.2, -0.15) is 0 Å². The van der Waals surface area contributed by atoms with Crippen molar-refractivity contribution in [2.75, 3.05) is 40.0 Å². The minimum atomic E-state index is -0.235. The molecule has 0 bridgehead atoms. The van der Waals surface area contributed by atoms with Crippen molar-refractivity contribution in [2.24, 2.45) is 0 Å². The Morgan fingerprint density at radius 1 is 1.26 bits per heavy atom. The van der Waals surface area contributed by atoms with Gasteiger partial charge in [0.15, 0.2) is 11.5 Å². The van der Waals surface area contributed by atoms with Crippen LogP contribution < -0.4 is 9.47 Å². The third-order valence-electron chi connectivity index (χ3n) is 4.82. The average molecular weight is 319 g/mol. The predicted molar refractivity (Wildman–Crippen MR) is 82.0 cm³/mol. The molecule has 3 aliphatic heterocycles. The zero-order valence-electron chi connectivity index (χ0n) is 13.2. The van der Waals surface area contributed by atoms with E-state index in [4.69, 9.17) is 18.9 Å². The van der Waals surface area contributed by atoms with Gasteiger partial charge >= 0.3 is 0 Å². The Kier molecular flexibility index (Phi) is 3.66. The van der Waals surface area contributed by atoms with Crippen LogP contribution in [0.25, 0.3) is 0 Å². The highest BCUT2D eigenvalue weighted by Crippen LogP contribution is 2.39. The number of hydrogen-bond acceptors (Lipinski definition) is 5. The van der Waals surface area contributed by atoms with E-state index in [1.165, 1.54) is 0 Å². The van der Waals surface area contributed by atoms with Crippen LogP contribution in [0, 0.1) is 0 Å². The van der Waals surface area contributed by atoms with Crippen LogP contribution in [-0.4, -0.2) is 62.5 Å². The van der Waals surface area contributed by atoms with Crippen molar-refractivity contribution in [1.82, 2.24) is 4.90 Å². The van der Waals surface area contributed by atoms with E-state index in [9.17, 15) is 4.79 Å². The number of hydrogen-bond donors (Lipinski definition) is 0. The van der Waals surface area contributed by atoms with Gasteiger partial charge in [0.2, 0.25) is 0 Å². The standard InChI is InChI=1S/C17H21NO5/c1-20-12-5-6-23-17(9-12)10-18(11-17)16(19)13-3-2-4-14-15(13)22-8-7-21-14/h2-4,12H,5-11H2,1H3/t12-/m1/s1. The van der Waals surface area contributed by atoms with E-state index in [0.717, 1.165) is 12.8 Å². The van der Waals surface area contributed by atoms with Crippen LogP contribution in [0.1, 0.15) is 23.2 Å². The quantitative estimate of drug-likeness (QED) is 0.826. The molecule has 0 radical (unpaired) electrons. The fourth-order valence-electron chi connectivity index (χ4n) is 3.61. The lowest BCUT2D eigenvalue weighted by molar-refractivity contribution is -0.181. The minimum Gasteiger partial charge on any atom is -0.486 e. The van der Waals surface area contributed by atoms with Crippen molar-refractivity contribution in [1.29, 1.82) is 0 Å². The first kappa shape index (κ1) is 14.8. The number of fused-ring (bicyclic) bond motifs is 1. The van der Waals surface area contributed by atoms with Crippen LogP contribution >= 0.6 is 0 Å². The third-order valence-corrected chi connectivity index (χ3v) is 4.82. The molecule has 2 fully saturated rings. The second-order valence-electron chi connectivity index (χ2n) is 6.37. The summed E-state index contributed by atoms with van der Waals surface area (Å²) in [5, 5.41) is 0. The van der Waals surface area contributed by atoms with Crippen molar-refractivity contribution in [3.63, 3.8) is 0 Å². The molecule has 3 aliphatic rings. The Hall–Kier alpha value is -1.79. The molecule has 1 atom stereocenters. The SMILES string of the molecule is CO[C@@H]1CCOC2(C1)CN(C(=O)c1cccc3c1OCCO3)C2. The van der Waals surface area contributed by atoms with Gasteiger partial charge < -0.3 is 23.8 Å². The maximum atomic E-state index is 12.8. The van der Waals surface area contributed by atoms with Gasteiger partial charge in [0.05, 0.1) is 24.8 Å². The molecule has 3 heterocycles. The van der Waals surface area contributed by atoms with Crippen LogP contribution in [0.4, 0.5) is 0 Å². The topological polar surface area (TPSA) is 57.2 Å². The largest absolute Gasteiger partial charge is 0.486 e. The number of benzene rings is 1. The van der Waals surface area contributed by atoms with Gasteiger partial charge in [-0.3, -0.25) is 4.79 Å². The number of nitrogens with zero attached hydrogens (tertiary/aromatic N) is 1. The molecule has 6 nitrogen and oxygen atoms in total. The first-order valence-corrected chi connectivity index (χ1v) is 8.05. The van der Waals surface area contributed by atoms with Gasteiger partial charge in [0.1, 0.15) is 18.8 Å². The molecule has 0 N–H and O–H groups in total.